The Balaban J connectivity index is 1.67. The van der Waals surface area contributed by atoms with Crippen molar-refractivity contribution in [3.8, 4) is 5.75 Å². The largest absolute Gasteiger partial charge is 0.482 e. The van der Waals surface area contributed by atoms with Crippen LogP contribution in [0, 0.1) is 13.8 Å². The highest BCUT2D eigenvalue weighted by Gasteiger charge is 2.14. The minimum absolute atomic E-state index is 0.0983. The van der Waals surface area contributed by atoms with Crippen LogP contribution in [-0.2, 0) is 16.1 Å². The average molecular weight is 415 g/mol. The number of pyridine rings is 1. The first kappa shape index (κ1) is 20.9. The SMILES string of the molecule is Cc1cc(OCC(=O)OCc2cc(=O)n3cccc(C)c3n2)c(C(C)C)cc1Cl. The van der Waals surface area contributed by atoms with Crippen LogP contribution in [0.15, 0.2) is 41.3 Å². The molecule has 0 saturated heterocycles. The van der Waals surface area contributed by atoms with Crippen molar-refractivity contribution in [1.82, 2.24) is 9.38 Å². The summed E-state index contributed by atoms with van der Waals surface area (Å²) in [5, 5.41) is 0.660. The second-order valence-corrected chi connectivity index (χ2v) is 7.62. The topological polar surface area (TPSA) is 69.9 Å². The van der Waals surface area contributed by atoms with E-state index in [4.69, 9.17) is 21.1 Å². The van der Waals surface area contributed by atoms with Gasteiger partial charge in [-0.3, -0.25) is 9.20 Å². The molecule has 7 heteroatoms. The molecule has 0 radical (unpaired) electrons. The summed E-state index contributed by atoms with van der Waals surface area (Å²) in [6.07, 6.45) is 1.65. The molecule has 29 heavy (non-hydrogen) atoms. The lowest BCUT2D eigenvalue weighted by atomic mass is 10.0. The number of benzene rings is 1. The number of aromatic nitrogens is 2. The van der Waals surface area contributed by atoms with Gasteiger partial charge in [-0.15, -0.1) is 0 Å². The zero-order valence-corrected chi connectivity index (χ0v) is 17.6. The van der Waals surface area contributed by atoms with Gasteiger partial charge in [-0.25, -0.2) is 9.78 Å². The molecule has 0 bridgehead atoms. The van der Waals surface area contributed by atoms with Crippen molar-refractivity contribution < 1.29 is 14.3 Å². The number of esters is 1. The molecule has 2 heterocycles. The Kier molecular flexibility index (Phi) is 6.23. The molecular formula is C22H23ClN2O4. The molecular weight excluding hydrogens is 392 g/mol. The predicted octanol–water partition coefficient (Wildman–Crippen LogP) is 4.21. The van der Waals surface area contributed by atoms with E-state index in [-0.39, 0.29) is 24.7 Å². The highest BCUT2D eigenvalue weighted by molar-refractivity contribution is 6.31. The first-order valence-corrected chi connectivity index (χ1v) is 9.70. The molecule has 0 aliphatic rings. The maximum absolute atomic E-state index is 12.2. The average Bonchev–Trinajstić information content (AvgIpc) is 2.67. The van der Waals surface area contributed by atoms with Gasteiger partial charge >= 0.3 is 5.97 Å². The van der Waals surface area contributed by atoms with Crippen molar-refractivity contribution in [3.63, 3.8) is 0 Å². The predicted molar refractivity (Wildman–Crippen MR) is 112 cm³/mol. The zero-order valence-electron chi connectivity index (χ0n) is 16.9. The number of halogens is 1. The number of hydrogen-bond acceptors (Lipinski definition) is 5. The molecule has 6 nitrogen and oxygen atoms in total. The summed E-state index contributed by atoms with van der Waals surface area (Å²) in [5.41, 5.74) is 3.37. The van der Waals surface area contributed by atoms with Crippen molar-refractivity contribution in [2.45, 2.75) is 40.2 Å². The molecule has 3 rings (SSSR count). The summed E-state index contributed by atoms with van der Waals surface area (Å²) in [5.74, 6) is 0.257. The van der Waals surface area contributed by atoms with Crippen LogP contribution in [0.2, 0.25) is 5.02 Å². The number of carbonyl (C=O) groups is 1. The number of rotatable bonds is 6. The van der Waals surface area contributed by atoms with Gasteiger partial charge in [-0.1, -0.05) is 31.5 Å². The Morgan fingerprint density at radius 3 is 2.69 bits per heavy atom. The highest BCUT2D eigenvalue weighted by atomic mass is 35.5. The Morgan fingerprint density at radius 1 is 1.21 bits per heavy atom. The Morgan fingerprint density at radius 2 is 1.97 bits per heavy atom. The molecule has 3 aromatic rings. The van der Waals surface area contributed by atoms with Gasteiger partial charge in [0.2, 0.25) is 0 Å². The van der Waals surface area contributed by atoms with Gasteiger partial charge in [0.25, 0.3) is 5.56 Å². The fourth-order valence-corrected chi connectivity index (χ4v) is 3.13. The van der Waals surface area contributed by atoms with E-state index in [2.05, 4.69) is 4.98 Å². The number of carbonyl (C=O) groups excluding carboxylic acids is 1. The summed E-state index contributed by atoms with van der Waals surface area (Å²) in [6.45, 7) is 7.46. The minimum atomic E-state index is -0.543. The summed E-state index contributed by atoms with van der Waals surface area (Å²) >= 11 is 6.19. The van der Waals surface area contributed by atoms with Crippen LogP contribution in [0.25, 0.3) is 5.65 Å². The van der Waals surface area contributed by atoms with Crippen LogP contribution in [0.1, 0.15) is 42.1 Å². The first-order valence-electron chi connectivity index (χ1n) is 9.32. The second-order valence-electron chi connectivity index (χ2n) is 7.21. The van der Waals surface area contributed by atoms with E-state index in [9.17, 15) is 9.59 Å². The third-order valence-electron chi connectivity index (χ3n) is 4.58. The normalized spacial score (nSPS) is 11.1. The van der Waals surface area contributed by atoms with Crippen LogP contribution in [-0.4, -0.2) is 22.0 Å². The summed E-state index contributed by atoms with van der Waals surface area (Å²) in [4.78, 5) is 28.8. The monoisotopic (exact) mass is 414 g/mol. The Bertz CT molecular complexity index is 1120. The molecule has 0 atom stereocenters. The third-order valence-corrected chi connectivity index (χ3v) is 4.99. The van der Waals surface area contributed by atoms with Crippen molar-refractivity contribution in [2.24, 2.45) is 0 Å². The van der Waals surface area contributed by atoms with Gasteiger partial charge < -0.3 is 9.47 Å². The van der Waals surface area contributed by atoms with Crippen LogP contribution < -0.4 is 10.3 Å². The molecule has 0 unspecified atom stereocenters. The number of nitrogens with zero attached hydrogens (tertiary/aromatic N) is 2. The van der Waals surface area contributed by atoms with Crippen molar-refractivity contribution >= 4 is 23.2 Å². The third kappa shape index (κ3) is 4.77. The summed E-state index contributed by atoms with van der Waals surface area (Å²) < 4.78 is 12.4. The van der Waals surface area contributed by atoms with Gasteiger partial charge in [-0.05, 0) is 54.7 Å². The van der Waals surface area contributed by atoms with E-state index >= 15 is 0 Å². The highest BCUT2D eigenvalue weighted by Crippen LogP contribution is 2.32. The van der Waals surface area contributed by atoms with Crippen molar-refractivity contribution in [2.75, 3.05) is 6.61 Å². The van der Waals surface area contributed by atoms with Crippen LogP contribution in [0.3, 0.4) is 0 Å². The molecule has 0 fully saturated rings. The smallest absolute Gasteiger partial charge is 0.344 e. The van der Waals surface area contributed by atoms with Crippen LogP contribution in [0.4, 0.5) is 0 Å². The molecule has 0 amide bonds. The lowest BCUT2D eigenvalue weighted by molar-refractivity contribution is -0.147. The standard InChI is InChI=1S/C22H23ClN2O4/c1-13(2)17-10-18(23)15(4)8-19(17)28-12-21(27)29-11-16-9-20(26)25-7-5-6-14(3)22(25)24-16/h5-10,13H,11-12H2,1-4H3. The fraction of sp³-hybridized carbons (Fsp3) is 0.318. The Labute approximate surface area is 174 Å². The van der Waals surface area contributed by atoms with E-state index in [0.29, 0.717) is 22.1 Å². The number of ether oxygens (including phenoxy) is 2. The van der Waals surface area contributed by atoms with E-state index in [1.165, 1.54) is 10.5 Å². The molecule has 0 aliphatic heterocycles. The molecule has 0 spiro atoms. The van der Waals surface area contributed by atoms with Crippen molar-refractivity contribution in [1.29, 1.82) is 0 Å². The van der Waals surface area contributed by atoms with E-state index in [0.717, 1.165) is 16.7 Å². The second kappa shape index (κ2) is 8.66. The maximum Gasteiger partial charge on any atom is 0.344 e. The Hall–Kier alpha value is -2.86. The zero-order chi connectivity index (χ0) is 21.1. The lowest BCUT2D eigenvalue weighted by Gasteiger charge is -2.15. The maximum atomic E-state index is 12.2. The molecule has 152 valence electrons. The molecule has 0 N–H and O–H groups in total. The lowest BCUT2D eigenvalue weighted by Crippen LogP contribution is -2.19. The molecule has 0 saturated carbocycles. The fourth-order valence-electron chi connectivity index (χ4n) is 2.96. The molecule has 2 aromatic heterocycles. The quantitative estimate of drug-likeness (QED) is 0.565. The van der Waals surface area contributed by atoms with Gasteiger partial charge in [0.1, 0.15) is 18.0 Å². The number of fused-ring (bicyclic) bond motifs is 1. The molecule has 0 aliphatic carbocycles. The number of hydrogen-bond donors (Lipinski definition) is 0. The van der Waals surface area contributed by atoms with Crippen LogP contribution >= 0.6 is 11.6 Å². The van der Waals surface area contributed by atoms with Crippen molar-refractivity contribution in [3.05, 3.63) is 74.3 Å². The molecule has 1 aromatic carbocycles. The van der Waals surface area contributed by atoms with Crippen LogP contribution in [0.5, 0.6) is 5.75 Å². The van der Waals surface area contributed by atoms with Gasteiger partial charge in [0.05, 0.1) is 5.69 Å². The van der Waals surface area contributed by atoms with Gasteiger partial charge in [0.15, 0.2) is 6.61 Å². The first-order chi connectivity index (χ1) is 13.8. The summed E-state index contributed by atoms with van der Waals surface area (Å²) in [7, 11) is 0. The minimum Gasteiger partial charge on any atom is -0.482 e. The number of aryl methyl sites for hydroxylation is 2. The van der Waals surface area contributed by atoms with E-state index < -0.39 is 5.97 Å². The van der Waals surface area contributed by atoms with E-state index in [1.807, 2.05) is 45.9 Å². The summed E-state index contributed by atoms with van der Waals surface area (Å²) in [6, 6.07) is 8.69. The van der Waals surface area contributed by atoms with Gasteiger partial charge in [0, 0.05) is 17.3 Å². The van der Waals surface area contributed by atoms with Gasteiger partial charge in [-0.2, -0.15) is 0 Å². The van der Waals surface area contributed by atoms with E-state index in [1.54, 1.807) is 12.3 Å².